The van der Waals surface area contributed by atoms with E-state index in [1.807, 2.05) is 30.3 Å². The number of hydrogen-bond acceptors (Lipinski definition) is 3. The van der Waals surface area contributed by atoms with Crippen molar-refractivity contribution in [1.82, 2.24) is 5.32 Å². The van der Waals surface area contributed by atoms with Crippen molar-refractivity contribution in [2.75, 3.05) is 6.61 Å². The van der Waals surface area contributed by atoms with Gasteiger partial charge in [0.05, 0.1) is 6.61 Å². The minimum atomic E-state index is -1.76. The second-order valence-electron chi connectivity index (χ2n) is 7.88. The SMILES string of the molecule is CC(C)(C)[Si](C)(C)C#CC[C@H](NC(=O)COCc1ccccc1)C(N)=O. The summed E-state index contributed by atoms with van der Waals surface area (Å²) in [5.41, 5.74) is 9.69. The third-order valence-electron chi connectivity index (χ3n) is 4.61. The molecule has 1 aromatic carbocycles. The Kier molecular flexibility index (Phi) is 8.06. The first-order chi connectivity index (χ1) is 12.0. The maximum absolute atomic E-state index is 12.0. The number of rotatable bonds is 7. The predicted molar refractivity (Wildman–Crippen MR) is 107 cm³/mol. The fraction of sp³-hybridized carbons (Fsp3) is 0.500. The molecule has 0 unspecified atom stereocenters. The van der Waals surface area contributed by atoms with Crippen LogP contribution in [0.25, 0.3) is 0 Å². The molecule has 0 aliphatic rings. The van der Waals surface area contributed by atoms with Gasteiger partial charge in [-0.25, -0.2) is 0 Å². The molecule has 0 aromatic heterocycles. The van der Waals surface area contributed by atoms with Crippen molar-refractivity contribution in [2.45, 2.75) is 58.0 Å². The zero-order valence-electron chi connectivity index (χ0n) is 16.4. The van der Waals surface area contributed by atoms with E-state index in [2.05, 4.69) is 50.6 Å². The van der Waals surface area contributed by atoms with Crippen molar-refractivity contribution < 1.29 is 14.3 Å². The number of ether oxygens (including phenoxy) is 1. The summed E-state index contributed by atoms with van der Waals surface area (Å²) in [7, 11) is -1.76. The lowest BCUT2D eigenvalue weighted by Crippen LogP contribution is -2.45. The van der Waals surface area contributed by atoms with E-state index in [4.69, 9.17) is 10.5 Å². The van der Waals surface area contributed by atoms with Gasteiger partial charge in [-0.2, -0.15) is 0 Å². The number of hydrogen-bond donors (Lipinski definition) is 2. The highest BCUT2D eigenvalue weighted by atomic mass is 28.3. The van der Waals surface area contributed by atoms with Crippen LogP contribution in [0.3, 0.4) is 0 Å². The Labute approximate surface area is 157 Å². The van der Waals surface area contributed by atoms with Crippen molar-refractivity contribution in [2.24, 2.45) is 5.73 Å². The number of amides is 2. The predicted octanol–water partition coefficient (Wildman–Crippen LogP) is 2.61. The number of nitrogens with one attached hydrogen (secondary N) is 1. The van der Waals surface area contributed by atoms with Gasteiger partial charge in [-0.05, 0) is 10.6 Å². The monoisotopic (exact) mass is 374 g/mol. The number of carbonyl (C=O) groups excluding carboxylic acids is 2. The van der Waals surface area contributed by atoms with Crippen LogP contribution in [-0.2, 0) is 20.9 Å². The van der Waals surface area contributed by atoms with Crippen molar-refractivity contribution in [3.8, 4) is 11.5 Å². The van der Waals surface area contributed by atoms with Crippen LogP contribution in [0.5, 0.6) is 0 Å². The first-order valence-electron chi connectivity index (χ1n) is 8.73. The first kappa shape index (κ1) is 21.9. The molecule has 2 amide bonds. The average Bonchev–Trinajstić information content (AvgIpc) is 2.53. The van der Waals surface area contributed by atoms with Crippen LogP contribution in [0.4, 0.5) is 0 Å². The summed E-state index contributed by atoms with van der Waals surface area (Å²) in [6.45, 7) is 11.1. The van der Waals surface area contributed by atoms with E-state index >= 15 is 0 Å². The van der Waals surface area contributed by atoms with Crippen LogP contribution in [0, 0.1) is 11.5 Å². The Bertz CT molecular complexity index is 670. The van der Waals surface area contributed by atoms with E-state index in [-0.39, 0.29) is 24.0 Å². The van der Waals surface area contributed by atoms with E-state index in [1.165, 1.54) is 0 Å². The van der Waals surface area contributed by atoms with E-state index in [1.54, 1.807) is 0 Å². The quantitative estimate of drug-likeness (QED) is 0.568. The fourth-order valence-corrected chi connectivity index (χ4v) is 2.78. The lowest BCUT2D eigenvalue weighted by atomic mass is 10.2. The smallest absolute Gasteiger partial charge is 0.246 e. The summed E-state index contributed by atoms with van der Waals surface area (Å²) in [5, 5.41) is 2.74. The minimum Gasteiger partial charge on any atom is -0.368 e. The molecule has 0 saturated carbocycles. The van der Waals surface area contributed by atoms with E-state index in [0.717, 1.165) is 5.56 Å². The molecule has 1 rings (SSSR count). The Balaban J connectivity index is 2.52. The second-order valence-corrected chi connectivity index (χ2v) is 12.9. The van der Waals surface area contributed by atoms with Gasteiger partial charge in [-0.1, -0.05) is 64.2 Å². The second kappa shape index (κ2) is 9.55. The molecular weight excluding hydrogens is 344 g/mol. The highest BCUT2D eigenvalue weighted by Gasteiger charge is 2.33. The molecule has 26 heavy (non-hydrogen) atoms. The molecule has 5 nitrogen and oxygen atoms in total. The molecule has 0 saturated heterocycles. The number of carbonyl (C=O) groups is 2. The molecule has 0 heterocycles. The largest absolute Gasteiger partial charge is 0.368 e. The zero-order valence-corrected chi connectivity index (χ0v) is 17.4. The van der Waals surface area contributed by atoms with Gasteiger partial charge >= 0.3 is 0 Å². The van der Waals surface area contributed by atoms with Crippen molar-refractivity contribution in [3.05, 3.63) is 35.9 Å². The van der Waals surface area contributed by atoms with Crippen LogP contribution in [0.1, 0.15) is 32.8 Å². The van der Waals surface area contributed by atoms with E-state index in [0.29, 0.717) is 6.61 Å². The van der Waals surface area contributed by atoms with Crippen LogP contribution in [0.15, 0.2) is 30.3 Å². The van der Waals surface area contributed by atoms with Gasteiger partial charge in [0.15, 0.2) is 0 Å². The highest BCUT2D eigenvalue weighted by molar-refractivity contribution is 6.87. The summed E-state index contributed by atoms with van der Waals surface area (Å²) in [5.74, 6) is 2.09. The highest BCUT2D eigenvalue weighted by Crippen LogP contribution is 2.35. The number of primary amides is 1. The summed E-state index contributed by atoms with van der Waals surface area (Å²) in [6, 6.07) is 8.76. The fourth-order valence-electron chi connectivity index (χ4n) is 1.86. The summed E-state index contributed by atoms with van der Waals surface area (Å²) >= 11 is 0. The van der Waals surface area contributed by atoms with Crippen LogP contribution in [-0.4, -0.2) is 32.5 Å². The molecule has 0 radical (unpaired) electrons. The Morgan fingerprint density at radius 2 is 1.85 bits per heavy atom. The van der Waals surface area contributed by atoms with Crippen LogP contribution < -0.4 is 11.1 Å². The van der Waals surface area contributed by atoms with Crippen molar-refractivity contribution >= 4 is 19.9 Å². The lowest BCUT2D eigenvalue weighted by molar-refractivity contribution is -0.130. The van der Waals surface area contributed by atoms with Gasteiger partial charge in [0, 0.05) is 6.42 Å². The van der Waals surface area contributed by atoms with Crippen LogP contribution >= 0.6 is 0 Å². The summed E-state index contributed by atoms with van der Waals surface area (Å²) in [6.07, 6.45) is 0.215. The molecule has 0 bridgehead atoms. The Morgan fingerprint density at radius 1 is 1.23 bits per heavy atom. The van der Waals surface area contributed by atoms with E-state index in [9.17, 15) is 9.59 Å². The summed E-state index contributed by atoms with van der Waals surface area (Å²) < 4.78 is 5.37. The average molecular weight is 375 g/mol. The molecule has 0 fully saturated rings. The molecule has 1 atom stereocenters. The van der Waals surface area contributed by atoms with Gasteiger partial charge in [0.25, 0.3) is 0 Å². The number of nitrogens with two attached hydrogens (primary N) is 1. The Morgan fingerprint density at radius 3 is 2.38 bits per heavy atom. The third kappa shape index (κ3) is 7.42. The molecule has 6 heteroatoms. The van der Waals surface area contributed by atoms with Crippen molar-refractivity contribution in [3.63, 3.8) is 0 Å². The van der Waals surface area contributed by atoms with Gasteiger partial charge < -0.3 is 15.8 Å². The molecule has 1 aromatic rings. The lowest BCUT2D eigenvalue weighted by Gasteiger charge is -2.31. The molecule has 142 valence electrons. The normalized spacial score (nSPS) is 12.7. The first-order valence-corrected chi connectivity index (χ1v) is 11.7. The van der Waals surface area contributed by atoms with Crippen LogP contribution in [0.2, 0.25) is 18.1 Å². The Hall–Kier alpha value is -2.10. The molecular formula is C20H30N2O3Si. The topological polar surface area (TPSA) is 81.4 Å². The van der Waals surface area contributed by atoms with Gasteiger partial charge in [0.1, 0.15) is 20.7 Å². The molecule has 0 spiro atoms. The maximum Gasteiger partial charge on any atom is 0.246 e. The zero-order chi connectivity index (χ0) is 19.8. The number of benzene rings is 1. The van der Waals surface area contributed by atoms with Gasteiger partial charge in [-0.3, -0.25) is 9.59 Å². The molecule has 0 aliphatic carbocycles. The van der Waals surface area contributed by atoms with Crippen molar-refractivity contribution in [1.29, 1.82) is 0 Å². The maximum atomic E-state index is 12.0. The molecule has 0 aliphatic heterocycles. The third-order valence-corrected chi connectivity index (χ3v) is 9.16. The molecule has 3 N–H and O–H groups in total. The standard InChI is InChI=1S/C20H30N2O3Si/c1-20(2,3)26(4,5)13-9-12-17(19(21)24)22-18(23)15-25-14-16-10-7-6-8-11-16/h6-8,10-11,17H,12,14-15H2,1-5H3,(H2,21,24)(H,22,23)/t17-/m0/s1. The van der Waals surface area contributed by atoms with Gasteiger partial charge in [0.2, 0.25) is 11.8 Å². The van der Waals surface area contributed by atoms with Gasteiger partial charge in [-0.15, -0.1) is 11.5 Å². The minimum absolute atomic E-state index is 0.131. The van der Waals surface area contributed by atoms with E-state index < -0.39 is 20.0 Å². The summed E-state index contributed by atoms with van der Waals surface area (Å²) in [4.78, 5) is 23.6.